The molecule has 3 fully saturated rings. The minimum Gasteiger partial charge on any atom is -0.412 e. The molecule has 0 aromatic rings. The Morgan fingerprint density at radius 2 is 1.84 bits per heavy atom. The Morgan fingerprint density at radius 1 is 1.13 bits per heavy atom. The second kappa shape index (κ2) is 10.8. The van der Waals surface area contributed by atoms with Gasteiger partial charge in [0.05, 0.1) is 18.3 Å². The van der Waals surface area contributed by atoms with Crippen molar-refractivity contribution >= 4 is 0 Å². The lowest BCUT2D eigenvalue weighted by atomic mass is 9.60. The first-order valence-electron chi connectivity index (χ1n) is 12.3. The quantitative estimate of drug-likeness (QED) is 0.564. The van der Waals surface area contributed by atoms with E-state index in [-0.39, 0.29) is 11.6 Å². The van der Waals surface area contributed by atoms with E-state index in [0.29, 0.717) is 36.0 Å². The van der Waals surface area contributed by atoms with Gasteiger partial charge in [0, 0.05) is 6.42 Å². The number of hydrogen-bond donors (Lipinski definition) is 3. The molecule has 0 saturated heterocycles. The molecule has 3 saturated carbocycles. The summed E-state index contributed by atoms with van der Waals surface area (Å²) in [5.74, 6) is 2.35. The third-order valence-electron chi connectivity index (χ3n) is 8.68. The van der Waals surface area contributed by atoms with Gasteiger partial charge < -0.3 is 20.8 Å². The lowest BCUT2D eigenvalue weighted by Gasteiger charge is -2.44. The Hall–Kier alpha value is -0.940. The minimum atomic E-state index is -0.618. The molecule has 5 N–H and O–H groups in total. The molecule has 0 aromatic carbocycles. The van der Waals surface area contributed by atoms with Gasteiger partial charge in [-0.1, -0.05) is 52.0 Å². The molecule has 0 aliphatic heterocycles. The maximum Gasteiger partial charge on any atom is 0.0811 e. The van der Waals surface area contributed by atoms with Crippen LogP contribution in [-0.2, 0) is 0 Å². The summed E-state index contributed by atoms with van der Waals surface area (Å²) >= 11 is 0. The van der Waals surface area contributed by atoms with E-state index in [9.17, 15) is 15.3 Å². The van der Waals surface area contributed by atoms with Crippen LogP contribution in [0.2, 0.25) is 0 Å². The summed E-state index contributed by atoms with van der Waals surface area (Å²) in [6, 6.07) is 0. The monoisotopic (exact) mass is 434 g/mol. The van der Waals surface area contributed by atoms with Gasteiger partial charge in [-0.3, -0.25) is 0 Å². The summed E-state index contributed by atoms with van der Waals surface area (Å²) in [5.41, 5.74) is 3.69. The predicted molar refractivity (Wildman–Crippen MR) is 128 cm³/mol. The van der Waals surface area contributed by atoms with E-state index in [1.165, 1.54) is 25.7 Å². The Labute approximate surface area is 189 Å². The number of hydrogen-bond acceptors (Lipinski definition) is 3. The van der Waals surface area contributed by atoms with E-state index in [4.69, 9.17) is 0 Å². The first-order valence-corrected chi connectivity index (χ1v) is 12.3. The van der Waals surface area contributed by atoms with Crippen molar-refractivity contribution in [2.45, 2.75) is 104 Å². The maximum atomic E-state index is 10.3. The fraction of sp³-hybridized carbons (Fsp3) is 0.778. The van der Waals surface area contributed by atoms with Crippen molar-refractivity contribution in [2.75, 3.05) is 0 Å². The van der Waals surface area contributed by atoms with E-state index >= 15 is 0 Å². The van der Waals surface area contributed by atoms with Gasteiger partial charge in [-0.15, -0.1) is 0 Å². The number of aliphatic hydroxyl groups excluding tert-OH is 3. The molecular formula is C27H46O4. The smallest absolute Gasteiger partial charge is 0.0811 e. The van der Waals surface area contributed by atoms with Crippen LogP contribution in [0.5, 0.6) is 0 Å². The van der Waals surface area contributed by atoms with E-state index in [0.717, 1.165) is 36.3 Å². The molecule has 1 unspecified atom stereocenters. The summed E-state index contributed by atoms with van der Waals surface area (Å²) in [6.45, 7) is 13.2. The molecule has 4 heteroatoms. The van der Waals surface area contributed by atoms with E-state index in [1.807, 2.05) is 0 Å². The minimum absolute atomic E-state index is 0. The van der Waals surface area contributed by atoms with Gasteiger partial charge in [0.15, 0.2) is 0 Å². The zero-order valence-corrected chi connectivity index (χ0v) is 20.1. The molecular weight excluding hydrogens is 388 g/mol. The largest absolute Gasteiger partial charge is 0.412 e. The highest BCUT2D eigenvalue weighted by molar-refractivity contribution is 5.38. The summed E-state index contributed by atoms with van der Waals surface area (Å²) in [6.07, 6.45) is 12.4. The second-order valence-electron chi connectivity index (χ2n) is 11.0. The Morgan fingerprint density at radius 3 is 2.52 bits per heavy atom. The van der Waals surface area contributed by atoms with E-state index < -0.39 is 12.2 Å². The van der Waals surface area contributed by atoms with Crippen LogP contribution < -0.4 is 0 Å². The van der Waals surface area contributed by atoms with Crippen LogP contribution in [0.15, 0.2) is 35.5 Å². The third kappa shape index (κ3) is 5.71. The summed E-state index contributed by atoms with van der Waals surface area (Å²) < 4.78 is 0. The Balaban J connectivity index is 0.00000341. The molecule has 3 rings (SSSR count). The highest BCUT2D eigenvalue weighted by atomic mass is 16.3. The number of rotatable bonds is 6. The van der Waals surface area contributed by atoms with Crippen LogP contribution in [-0.4, -0.2) is 39.1 Å². The van der Waals surface area contributed by atoms with Crippen molar-refractivity contribution in [1.29, 1.82) is 0 Å². The van der Waals surface area contributed by atoms with Crippen LogP contribution in [0, 0.1) is 29.1 Å². The average molecular weight is 435 g/mol. The van der Waals surface area contributed by atoms with Crippen LogP contribution in [0.25, 0.3) is 0 Å². The van der Waals surface area contributed by atoms with Crippen LogP contribution in [0.1, 0.15) is 85.5 Å². The molecule has 0 spiro atoms. The normalized spacial score (nSPS) is 38.3. The first kappa shape index (κ1) is 26.3. The highest BCUT2D eigenvalue weighted by Gasteiger charge is 2.50. The van der Waals surface area contributed by atoms with E-state index in [1.54, 1.807) is 5.57 Å². The van der Waals surface area contributed by atoms with Crippen molar-refractivity contribution in [2.24, 2.45) is 29.1 Å². The van der Waals surface area contributed by atoms with Gasteiger partial charge in [-0.2, -0.15) is 0 Å². The number of aliphatic hydroxyl groups is 3. The zero-order valence-electron chi connectivity index (χ0n) is 20.1. The van der Waals surface area contributed by atoms with Crippen molar-refractivity contribution in [3.63, 3.8) is 0 Å². The fourth-order valence-corrected chi connectivity index (χ4v) is 6.65. The number of fused-ring (bicyclic) bond motifs is 1. The molecule has 0 bridgehead atoms. The summed E-state index contributed by atoms with van der Waals surface area (Å²) in [4.78, 5) is 0. The van der Waals surface area contributed by atoms with Gasteiger partial charge in [0.1, 0.15) is 0 Å². The molecule has 31 heavy (non-hydrogen) atoms. The second-order valence-corrected chi connectivity index (χ2v) is 11.0. The van der Waals surface area contributed by atoms with Crippen LogP contribution >= 0.6 is 0 Å². The molecule has 178 valence electrons. The molecule has 3 aliphatic carbocycles. The van der Waals surface area contributed by atoms with Crippen molar-refractivity contribution in [3.8, 4) is 0 Å². The fourth-order valence-electron chi connectivity index (χ4n) is 6.65. The molecule has 3 aliphatic rings. The van der Waals surface area contributed by atoms with Crippen LogP contribution in [0.4, 0.5) is 0 Å². The van der Waals surface area contributed by atoms with Crippen molar-refractivity contribution in [3.05, 3.63) is 35.5 Å². The number of allylic oxidation sites excluding steroid dienone is 3. The summed E-state index contributed by atoms with van der Waals surface area (Å²) in [5, 5.41) is 30.4. The molecule has 4 nitrogen and oxygen atoms in total. The van der Waals surface area contributed by atoms with Crippen molar-refractivity contribution in [1.82, 2.24) is 0 Å². The standard InChI is InChI=1S/C27H44O3.H2O/c1-17(2)25(29)13-8-18(3)23-11-12-24-20(7-6-14-27(23,24)5)9-10-21-15-22(28)16-26(30)19(21)4;/h9-10,17-18,22-26,28-30H,4,6-8,11-16H2,1-3,5H3;1H2/b20-9+,21-10-;/t18-,22-,23-,24+,25?,26+,27-;/m1./s1. The SMILES string of the molecule is C=C1/C(=C\C=C2/CCC[C@]3(C)[C@@H]([C@H](C)CCC(O)C(C)C)CC[C@@H]23)C[C@@H](O)C[C@@H]1O.O. The lowest BCUT2D eigenvalue weighted by molar-refractivity contribution is 0.0717. The van der Waals surface area contributed by atoms with Gasteiger partial charge in [0.25, 0.3) is 0 Å². The Bertz CT molecular complexity index is 679. The predicted octanol–water partition coefficient (Wildman–Crippen LogP) is 4.74. The van der Waals surface area contributed by atoms with Crippen molar-refractivity contribution < 1.29 is 20.8 Å². The molecule has 0 aromatic heterocycles. The first-order chi connectivity index (χ1) is 14.1. The lowest BCUT2D eigenvalue weighted by Crippen LogP contribution is -2.36. The van der Waals surface area contributed by atoms with E-state index in [2.05, 4.69) is 46.4 Å². The van der Waals surface area contributed by atoms with Gasteiger partial charge in [0.2, 0.25) is 0 Å². The zero-order chi connectivity index (χ0) is 22.1. The molecule has 0 amide bonds. The molecule has 0 heterocycles. The Kier molecular flexibility index (Phi) is 9.15. The maximum absolute atomic E-state index is 10.3. The third-order valence-corrected chi connectivity index (χ3v) is 8.68. The van der Waals surface area contributed by atoms with Gasteiger partial charge in [-0.25, -0.2) is 0 Å². The molecule has 7 atom stereocenters. The van der Waals surface area contributed by atoms with Crippen LogP contribution in [0.3, 0.4) is 0 Å². The summed E-state index contributed by atoms with van der Waals surface area (Å²) in [7, 11) is 0. The van der Waals surface area contributed by atoms with Gasteiger partial charge in [-0.05, 0) is 91.6 Å². The molecule has 0 radical (unpaired) electrons. The highest BCUT2D eigenvalue weighted by Crippen LogP contribution is 2.60. The average Bonchev–Trinajstić information content (AvgIpc) is 3.04. The topological polar surface area (TPSA) is 92.2 Å². The van der Waals surface area contributed by atoms with Gasteiger partial charge >= 0.3 is 0 Å².